The van der Waals surface area contributed by atoms with Crippen LogP contribution in [0.25, 0.3) is 0 Å². The highest BCUT2D eigenvalue weighted by Crippen LogP contribution is 2.29. The van der Waals surface area contributed by atoms with Crippen LogP contribution in [0.1, 0.15) is 67.2 Å². The van der Waals surface area contributed by atoms with Gasteiger partial charge in [0.1, 0.15) is 0 Å². The van der Waals surface area contributed by atoms with Gasteiger partial charge in [0.05, 0.1) is 0 Å². The number of hydrogen-bond acceptors (Lipinski definition) is 2. The summed E-state index contributed by atoms with van der Waals surface area (Å²) in [5.74, 6) is 0. The molecule has 2 nitrogen and oxygen atoms in total. The summed E-state index contributed by atoms with van der Waals surface area (Å²) in [7, 11) is -1.43. The Bertz CT molecular complexity index is 179. The quantitative estimate of drug-likeness (QED) is 0.479. The number of unbranched alkanes of at least 4 members (excludes halogenated alkanes) is 2. The molecule has 0 saturated heterocycles. The average Bonchev–Trinajstić information content (AvgIpc) is 2.44. The lowest BCUT2D eigenvalue weighted by molar-refractivity contribution is 0.343. The second-order valence-electron chi connectivity index (χ2n) is 5.53. The lowest BCUT2D eigenvalue weighted by Gasteiger charge is -2.48. The molecule has 116 valence electrons. The summed E-state index contributed by atoms with van der Waals surface area (Å²) in [5, 5.41) is 0. The van der Waals surface area contributed by atoms with Crippen molar-refractivity contribution in [1.29, 1.82) is 0 Å². The van der Waals surface area contributed by atoms with Crippen LogP contribution in [0.3, 0.4) is 0 Å². The first kappa shape index (κ1) is 19.1. The fraction of sp³-hybridized carbons (Fsp3) is 1.00. The van der Waals surface area contributed by atoms with E-state index in [1.54, 1.807) is 0 Å². The lowest BCUT2D eigenvalue weighted by Crippen LogP contribution is -2.65. The topological polar surface area (TPSA) is 6.48 Å². The molecule has 0 spiro atoms. The van der Waals surface area contributed by atoms with Crippen molar-refractivity contribution >= 4 is 8.40 Å². The van der Waals surface area contributed by atoms with Gasteiger partial charge in [-0.05, 0) is 38.3 Å². The van der Waals surface area contributed by atoms with Gasteiger partial charge in [0, 0.05) is 0 Å². The van der Waals surface area contributed by atoms with Crippen molar-refractivity contribution in [3.05, 3.63) is 0 Å². The van der Waals surface area contributed by atoms with Crippen molar-refractivity contribution in [3.63, 3.8) is 0 Å². The van der Waals surface area contributed by atoms with Crippen molar-refractivity contribution < 1.29 is 0 Å². The second kappa shape index (κ2) is 10.9. The molecule has 0 amide bonds. The Morgan fingerprint density at radius 3 is 1.11 bits per heavy atom. The van der Waals surface area contributed by atoms with Gasteiger partial charge in [-0.1, -0.05) is 67.2 Å². The fourth-order valence-corrected chi connectivity index (χ4v) is 9.61. The molecular formula is C16H38N2Si. The molecule has 0 unspecified atom stereocenters. The summed E-state index contributed by atoms with van der Waals surface area (Å²) in [4.78, 5) is 0. The van der Waals surface area contributed by atoms with E-state index in [1.807, 2.05) is 0 Å². The molecule has 0 atom stereocenters. The normalized spacial score (nSPS) is 12.6. The highest BCUT2D eigenvalue weighted by Gasteiger charge is 2.41. The van der Waals surface area contributed by atoms with Crippen LogP contribution in [-0.2, 0) is 0 Å². The molecule has 0 aromatic heterocycles. The van der Waals surface area contributed by atoms with Crippen LogP contribution in [0.15, 0.2) is 0 Å². The highest BCUT2D eigenvalue weighted by atomic mass is 28.3. The van der Waals surface area contributed by atoms with E-state index < -0.39 is 8.40 Å². The van der Waals surface area contributed by atoms with Crippen LogP contribution < -0.4 is 0 Å². The Morgan fingerprint density at radius 2 is 0.895 bits per heavy atom. The Hall–Kier alpha value is 0.137. The van der Waals surface area contributed by atoms with Gasteiger partial charge in [0.2, 0.25) is 8.40 Å². The molecule has 0 aliphatic rings. The lowest BCUT2D eigenvalue weighted by atomic mass is 10.4. The van der Waals surface area contributed by atoms with Crippen LogP contribution in [0.4, 0.5) is 0 Å². The van der Waals surface area contributed by atoms with Gasteiger partial charge in [-0.25, -0.2) is 0 Å². The van der Waals surface area contributed by atoms with E-state index in [4.69, 9.17) is 0 Å². The largest absolute Gasteiger partial charge is 0.312 e. The highest BCUT2D eigenvalue weighted by molar-refractivity contribution is 6.74. The van der Waals surface area contributed by atoms with Crippen molar-refractivity contribution in [1.82, 2.24) is 9.13 Å². The van der Waals surface area contributed by atoms with Crippen molar-refractivity contribution in [2.45, 2.75) is 79.3 Å². The molecule has 3 heteroatoms. The monoisotopic (exact) mass is 286 g/mol. The number of nitrogens with zero attached hydrogens (tertiary/aromatic N) is 2. The van der Waals surface area contributed by atoms with E-state index in [1.165, 1.54) is 64.0 Å². The first-order chi connectivity index (χ1) is 9.16. The summed E-state index contributed by atoms with van der Waals surface area (Å²) < 4.78 is 5.70. The summed E-state index contributed by atoms with van der Waals surface area (Å²) >= 11 is 0. The van der Waals surface area contributed by atoms with Gasteiger partial charge in [0.15, 0.2) is 0 Å². The molecule has 0 aliphatic carbocycles. The summed E-state index contributed by atoms with van der Waals surface area (Å²) in [6.07, 6.45) is 5.48. The minimum absolute atomic E-state index is 1.23. The molecule has 0 saturated carbocycles. The van der Waals surface area contributed by atoms with Crippen LogP contribution in [0.5, 0.6) is 0 Å². The maximum Gasteiger partial charge on any atom is 0.206 e. The zero-order valence-corrected chi connectivity index (χ0v) is 15.5. The Kier molecular flexibility index (Phi) is 10.9. The summed E-state index contributed by atoms with van der Waals surface area (Å²) in [5.41, 5.74) is 0. The smallest absolute Gasteiger partial charge is 0.206 e. The third kappa shape index (κ3) is 5.20. The van der Waals surface area contributed by atoms with Gasteiger partial charge >= 0.3 is 0 Å². The van der Waals surface area contributed by atoms with Gasteiger partial charge in [-0.3, -0.25) is 0 Å². The summed E-state index contributed by atoms with van der Waals surface area (Å²) in [6.45, 7) is 19.0. The van der Waals surface area contributed by atoms with Gasteiger partial charge < -0.3 is 9.13 Å². The molecule has 0 rings (SSSR count). The van der Waals surface area contributed by atoms with Crippen molar-refractivity contribution in [2.75, 3.05) is 26.2 Å². The Balaban J connectivity index is 5.26. The van der Waals surface area contributed by atoms with E-state index in [0.29, 0.717) is 0 Å². The van der Waals surface area contributed by atoms with Gasteiger partial charge in [-0.15, -0.1) is 0 Å². The van der Waals surface area contributed by atoms with E-state index in [2.05, 4.69) is 50.7 Å². The minimum Gasteiger partial charge on any atom is -0.312 e. The van der Waals surface area contributed by atoms with Crippen LogP contribution in [0, 0.1) is 0 Å². The number of hydrogen-bond donors (Lipinski definition) is 0. The SMILES string of the molecule is CCCC[Si](CCCC)(N(CC)CC)N(CC)CC. The Morgan fingerprint density at radius 1 is 0.579 bits per heavy atom. The van der Waals surface area contributed by atoms with Crippen LogP contribution in [0.2, 0.25) is 12.1 Å². The molecular weight excluding hydrogens is 248 g/mol. The predicted octanol–water partition coefficient (Wildman–Crippen LogP) is 4.71. The van der Waals surface area contributed by atoms with Crippen molar-refractivity contribution in [2.24, 2.45) is 0 Å². The molecule has 0 N–H and O–H groups in total. The second-order valence-corrected chi connectivity index (χ2v) is 9.76. The minimum atomic E-state index is -1.43. The molecule has 0 bridgehead atoms. The average molecular weight is 287 g/mol. The molecule has 0 fully saturated rings. The van der Waals surface area contributed by atoms with E-state index in [0.717, 1.165) is 0 Å². The molecule has 0 radical (unpaired) electrons. The molecule has 0 aromatic rings. The van der Waals surface area contributed by atoms with Gasteiger partial charge in [-0.2, -0.15) is 0 Å². The van der Waals surface area contributed by atoms with Crippen molar-refractivity contribution in [3.8, 4) is 0 Å². The third-order valence-corrected chi connectivity index (χ3v) is 10.5. The van der Waals surface area contributed by atoms with E-state index in [9.17, 15) is 0 Å². The van der Waals surface area contributed by atoms with Crippen LogP contribution >= 0.6 is 0 Å². The molecule has 0 aliphatic heterocycles. The maximum atomic E-state index is 2.85. The first-order valence-electron chi connectivity index (χ1n) is 8.66. The first-order valence-corrected chi connectivity index (χ1v) is 11.0. The molecule has 0 heterocycles. The number of rotatable bonds is 12. The van der Waals surface area contributed by atoms with E-state index in [-0.39, 0.29) is 0 Å². The fourth-order valence-electron chi connectivity index (χ4n) is 3.50. The van der Waals surface area contributed by atoms with Gasteiger partial charge in [0.25, 0.3) is 0 Å². The van der Waals surface area contributed by atoms with E-state index >= 15 is 0 Å². The zero-order valence-electron chi connectivity index (χ0n) is 14.5. The summed E-state index contributed by atoms with van der Waals surface area (Å²) in [6, 6.07) is 2.93. The standard InChI is InChI=1S/C16H38N2Si/c1-7-13-15-19(16-14-8-2,17(9-3)10-4)18(11-5)12-6/h7-16H2,1-6H3. The third-order valence-electron chi connectivity index (χ3n) is 4.57. The molecule has 0 aromatic carbocycles. The maximum absolute atomic E-state index is 2.85. The molecule has 19 heavy (non-hydrogen) atoms. The predicted molar refractivity (Wildman–Crippen MR) is 91.0 cm³/mol. The van der Waals surface area contributed by atoms with Crippen LogP contribution in [-0.4, -0.2) is 43.7 Å². The Labute approximate surface area is 123 Å². The zero-order chi connectivity index (χ0) is 14.7.